The van der Waals surface area contributed by atoms with Crippen molar-refractivity contribution in [1.29, 1.82) is 0 Å². The SMILES string of the molecule is CCN(CCO)Cc1ccc(-c2ccncc2)cc1F. The van der Waals surface area contributed by atoms with E-state index in [-0.39, 0.29) is 12.4 Å². The van der Waals surface area contributed by atoms with Gasteiger partial charge < -0.3 is 5.11 Å². The molecule has 2 rings (SSSR count). The zero-order valence-electron chi connectivity index (χ0n) is 11.6. The topological polar surface area (TPSA) is 36.4 Å². The summed E-state index contributed by atoms with van der Waals surface area (Å²) in [6.07, 6.45) is 3.39. The first-order valence-corrected chi connectivity index (χ1v) is 6.76. The summed E-state index contributed by atoms with van der Waals surface area (Å²) in [6.45, 7) is 3.94. The van der Waals surface area contributed by atoms with Gasteiger partial charge in [0, 0.05) is 31.0 Å². The molecular weight excluding hydrogens is 255 g/mol. The van der Waals surface area contributed by atoms with Gasteiger partial charge in [-0.1, -0.05) is 19.1 Å². The van der Waals surface area contributed by atoms with Crippen molar-refractivity contribution >= 4 is 0 Å². The van der Waals surface area contributed by atoms with E-state index >= 15 is 0 Å². The molecule has 0 amide bonds. The molecule has 4 heteroatoms. The quantitative estimate of drug-likeness (QED) is 0.880. The lowest BCUT2D eigenvalue weighted by molar-refractivity contribution is 0.195. The second-order valence-corrected chi connectivity index (χ2v) is 4.63. The number of aromatic nitrogens is 1. The highest BCUT2D eigenvalue weighted by Crippen LogP contribution is 2.22. The third-order valence-corrected chi connectivity index (χ3v) is 3.32. The summed E-state index contributed by atoms with van der Waals surface area (Å²) in [6, 6.07) is 9.00. The van der Waals surface area contributed by atoms with Crippen LogP contribution in [0.4, 0.5) is 4.39 Å². The lowest BCUT2D eigenvalue weighted by Gasteiger charge is -2.19. The molecule has 1 aromatic carbocycles. The van der Waals surface area contributed by atoms with E-state index in [2.05, 4.69) is 4.98 Å². The van der Waals surface area contributed by atoms with Gasteiger partial charge in [0.2, 0.25) is 0 Å². The van der Waals surface area contributed by atoms with E-state index in [0.29, 0.717) is 18.7 Å². The van der Waals surface area contributed by atoms with E-state index in [1.165, 1.54) is 0 Å². The van der Waals surface area contributed by atoms with Gasteiger partial charge in [-0.15, -0.1) is 0 Å². The molecule has 0 saturated heterocycles. The van der Waals surface area contributed by atoms with Crippen molar-refractivity contribution in [2.75, 3.05) is 19.7 Å². The van der Waals surface area contributed by atoms with Crippen molar-refractivity contribution in [1.82, 2.24) is 9.88 Å². The predicted molar refractivity (Wildman–Crippen MR) is 77.7 cm³/mol. The smallest absolute Gasteiger partial charge is 0.128 e. The van der Waals surface area contributed by atoms with E-state index in [4.69, 9.17) is 5.11 Å². The molecule has 0 radical (unpaired) electrons. The van der Waals surface area contributed by atoms with Crippen molar-refractivity contribution in [2.45, 2.75) is 13.5 Å². The van der Waals surface area contributed by atoms with Crippen LogP contribution in [0.1, 0.15) is 12.5 Å². The third kappa shape index (κ3) is 3.62. The van der Waals surface area contributed by atoms with Gasteiger partial charge >= 0.3 is 0 Å². The Bertz CT molecular complexity index is 545. The molecule has 20 heavy (non-hydrogen) atoms. The van der Waals surface area contributed by atoms with Gasteiger partial charge in [0.1, 0.15) is 5.82 Å². The van der Waals surface area contributed by atoms with Crippen LogP contribution in [0, 0.1) is 5.82 Å². The Balaban J connectivity index is 2.18. The number of rotatable bonds is 6. The number of pyridine rings is 1. The molecule has 0 aliphatic carbocycles. The molecule has 0 aliphatic rings. The minimum Gasteiger partial charge on any atom is -0.395 e. The van der Waals surface area contributed by atoms with Crippen LogP contribution in [-0.2, 0) is 6.54 Å². The number of aliphatic hydroxyl groups is 1. The van der Waals surface area contributed by atoms with Crippen LogP contribution in [0.3, 0.4) is 0 Å². The van der Waals surface area contributed by atoms with Crippen LogP contribution < -0.4 is 0 Å². The number of likely N-dealkylation sites (N-methyl/N-ethyl adjacent to an activating group) is 1. The van der Waals surface area contributed by atoms with Gasteiger partial charge in [-0.2, -0.15) is 0 Å². The lowest BCUT2D eigenvalue weighted by atomic mass is 10.0. The molecule has 0 unspecified atom stereocenters. The van der Waals surface area contributed by atoms with E-state index < -0.39 is 0 Å². The average Bonchev–Trinajstić information content (AvgIpc) is 2.49. The first-order chi connectivity index (χ1) is 9.74. The van der Waals surface area contributed by atoms with Crippen molar-refractivity contribution in [3.8, 4) is 11.1 Å². The summed E-state index contributed by atoms with van der Waals surface area (Å²) in [5, 5.41) is 8.97. The Kier molecular flexibility index (Phi) is 5.21. The second kappa shape index (κ2) is 7.12. The summed E-state index contributed by atoms with van der Waals surface area (Å²) in [5.74, 6) is -0.212. The molecule has 1 heterocycles. The largest absolute Gasteiger partial charge is 0.395 e. The molecule has 2 aromatic rings. The van der Waals surface area contributed by atoms with Crippen LogP contribution in [0.2, 0.25) is 0 Å². The Hall–Kier alpha value is -1.78. The molecule has 0 saturated carbocycles. The highest BCUT2D eigenvalue weighted by Gasteiger charge is 2.09. The van der Waals surface area contributed by atoms with Gasteiger partial charge in [0.15, 0.2) is 0 Å². The first kappa shape index (κ1) is 14.6. The average molecular weight is 274 g/mol. The highest BCUT2D eigenvalue weighted by molar-refractivity contribution is 5.63. The van der Waals surface area contributed by atoms with Crippen molar-refractivity contribution in [2.24, 2.45) is 0 Å². The molecule has 1 N–H and O–H groups in total. The fourth-order valence-corrected chi connectivity index (χ4v) is 2.13. The van der Waals surface area contributed by atoms with Crippen molar-refractivity contribution in [3.63, 3.8) is 0 Å². The second-order valence-electron chi connectivity index (χ2n) is 4.63. The number of hydrogen-bond donors (Lipinski definition) is 1. The number of hydrogen-bond acceptors (Lipinski definition) is 3. The summed E-state index contributed by atoms with van der Waals surface area (Å²) in [7, 11) is 0. The van der Waals surface area contributed by atoms with Crippen LogP contribution >= 0.6 is 0 Å². The molecule has 106 valence electrons. The minimum absolute atomic E-state index is 0.0879. The monoisotopic (exact) mass is 274 g/mol. The molecule has 0 bridgehead atoms. The Morgan fingerprint density at radius 3 is 2.50 bits per heavy atom. The number of halogens is 1. The van der Waals surface area contributed by atoms with Crippen LogP contribution in [0.25, 0.3) is 11.1 Å². The summed E-state index contributed by atoms with van der Waals surface area (Å²) >= 11 is 0. The summed E-state index contributed by atoms with van der Waals surface area (Å²) in [5.41, 5.74) is 2.45. The van der Waals surface area contributed by atoms with Gasteiger partial charge in [0.05, 0.1) is 6.61 Å². The molecule has 0 atom stereocenters. The van der Waals surface area contributed by atoms with Crippen molar-refractivity contribution < 1.29 is 9.50 Å². The van der Waals surface area contributed by atoms with Gasteiger partial charge in [-0.25, -0.2) is 4.39 Å². The van der Waals surface area contributed by atoms with Gasteiger partial charge in [-0.05, 0) is 35.9 Å². The van der Waals surface area contributed by atoms with E-state index in [1.54, 1.807) is 18.5 Å². The predicted octanol–water partition coefficient (Wildman–Crippen LogP) is 2.70. The zero-order valence-corrected chi connectivity index (χ0v) is 11.6. The Morgan fingerprint density at radius 2 is 1.90 bits per heavy atom. The molecular formula is C16H19FN2O. The van der Waals surface area contributed by atoms with E-state index in [0.717, 1.165) is 17.7 Å². The zero-order chi connectivity index (χ0) is 14.4. The maximum Gasteiger partial charge on any atom is 0.128 e. The van der Waals surface area contributed by atoms with Crippen LogP contribution in [0.5, 0.6) is 0 Å². The van der Waals surface area contributed by atoms with Crippen LogP contribution in [-0.4, -0.2) is 34.7 Å². The first-order valence-electron chi connectivity index (χ1n) is 6.76. The minimum atomic E-state index is -0.212. The van der Waals surface area contributed by atoms with Gasteiger partial charge in [-0.3, -0.25) is 9.88 Å². The maximum atomic E-state index is 14.2. The number of benzene rings is 1. The van der Waals surface area contributed by atoms with E-state index in [1.807, 2.05) is 36.1 Å². The maximum absolute atomic E-state index is 14.2. The number of aliphatic hydroxyl groups excluding tert-OH is 1. The molecule has 3 nitrogen and oxygen atoms in total. The fraction of sp³-hybridized carbons (Fsp3) is 0.312. The Morgan fingerprint density at radius 1 is 1.15 bits per heavy atom. The summed E-state index contributed by atoms with van der Waals surface area (Å²) in [4.78, 5) is 5.96. The molecule has 0 aliphatic heterocycles. The molecule has 0 spiro atoms. The van der Waals surface area contributed by atoms with Crippen molar-refractivity contribution in [3.05, 3.63) is 54.1 Å². The van der Waals surface area contributed by atoms with Crippen LogP contribution in [0.15, 0.2) is 42.7 Å². The van der Waals surface area contributed by atoms with Gasteiger partial charge in [0.25, 0.3) is 0 Å². The lowest BCUT2D eigenvalue weighted by Crippen LogP contribution is -2.26. The normalized spacial score (nSPS) is 11.0. The molecule has 1 aromatic heterocycles. The third-order valence-electron chi connectivity index (χ3n) is 3.32. The summed E-state index contributed by atoms with van der Waals surface area (Å²) < 4.78 is 14.2. The highest BCUT2D eigenvalue weighted by atomic mass is 19.1. The molecule has 0 fully saturated rings. The van der Waals surface area contributed by atoms with E-state index in [9.17, 15) is 4.39 Å². The Labute approximate surface area is 118 Å². The number of nitrogens with zero attached hydrogens (tertiary/aromatic N) is 2. The standard InChI is InChI=1S/C16H19FN2O/c1-2-19(9-10-20)12-15-4-3-14(11-16(15)17)13-5-7-18-8-6-13/h3-8,11,20H,2,9-10,12H2,1H3. The fourth-order valence-electron chi connectivity index (χ4n) is 2.13.